The molecule has 5 rings (SSSR count). The minimum atomic E-state index is -0.697. The molecule has 1 aromatic carbocycles. The highest BCUT2D eigenvalue weighted by Gasteiger charge is 2.36. The molecule has 2 fully saturated rings. The van der Waals surface area contributed by atoms with Crippen LogP contribution in [0, 0.1) is 18.6 Å². The van der Waals surface area contributed by atoms with E-state index < -0.39 is 29.7 Å². The molecule has 0 bridgehead atoms. The number of aliphatic hydroxyl groups excluding tert-OH is 1. The number of halogens is 3. The number of rotatable bonds is 7. The molecular weight excluding hydrogens is 544 g/mol. The van der Waals surface area contributed by atoms with Crippen molar-refractivity contribution in [2.75, 3.05) is 54.8 Å². The summed E-state index contributed by atoms with van der Waals surface area (Å²) in [7, 11) is 0. The van der Waals surface area contributed by atoms with Gasteiger partial charge in [0.05, 0.1) is 18.0 Å². The summed E-state index contributed by atoms with van der Waals surface area (Å²) < 4.78 is 28.8. The number of carbonyl (C=O) groups is 1. The standard InChI is InChI=1S/C26H31F2N9O2.ClH/c1-16-17(3-2-4-34-5-7-35(8-6-34)20-10-18(27)9-19(28)11-20)14-31-37(16)24-13-23(32-26(30)33-24)36-15-21(38)12-22(36)25(29)39;/h2-3,9-11,13-14,21-22,38H,4-8,12,15H2,1H3,(H2,29,39)(H2,30,32,33);1H/t21-,22-;/m0./s1. The van der Waals surface area contributed by atoms with E-state index in [1.54, 1.807) is 21.8 Å². The molecule has 0 radical (unpaired) electrons. The second-order valence-electron chi connectivity index (χ2n) is 9.82. The van der Waals surface area contributed by atoms with E-state index in [1.165, 1.54) is 12.1 Å². The van der Waals surface area contributed by atoms with Gasteiger partial charge in [-0.05, 0) is 19.1 Å². The van der Waals surface area contributed by atoms with Gasteiger partial charge in [-0.3, -0.25) is 9.69 Å². The lowest BCUT2D eigenvalue weighted by Gasteiger charge is -2.35. The largest absolute Gasteiger partial charge is 0.391 e. The fourth-order valence-corrected chi connectivity index (χ4v) is 5.09. The van der Waals surface area contributed by atoms with Crippen molar-refractivity contribution >= 4 is 41.8 Å². The minimum absolute atomic E-state index is 0. The van der Waals surface area contributed by atoms with Crippen LogP contribution in [0.15, 0.2) is 36.5 Å². The molecule has 2 saturated heterocycles. The van der Waals surface area contributed by atoms with E-state index >= 15 is 0 Å². The molecule has 1 amide bonds. The molecule has 3 aromatic rings. The van der Waals surface area contributed by atoms with Crippen molar-refractivity contribution < 1.29 is 18.7 Å². The van der Waals surface area contributed by atoms with E-state index in [9.17, 15) is 18.7 Å². The normalized spacial score (nSPS) is 19.8. The van der Waals surface area contributed by atoms with Crippen LogP contribution in [-0.4, -0.2) is 87.1 Å². The first kappa shape index (κ1) is 29.2. The zero-order chi connectivity index (χ0) is 27.7. The highest BCUT2D eigenvalue weighted by molar-refractivity contribution is 5.85. The summed E-state index contributed by atoms with van der Waals surface area (Å²) in [5, 5.41) is 14.5. The Labute approximate surface area is 236 Å². The van der Waals surface area contributed by atoms with Gasteiger partial charge in [0.15, 0.2) is 5.82 Å². The van der Waals surface area contributed by atoms with E-state index in [0.717, 1.165) is 30.4 Å². The summed E-state index contributed by atoms with van der Waals surface area (Å²) >= 11 is 0. The quantitative estimate of drug-likeness (QED) is 0.382. The number of anilines is 3. The topological polar surface area (TPSA) is 143 Å². The van der Waals surface area contributed by atoms with Crippen LogP contribution >= 0.6 is 12.4 Å². The average molecular weight is 576 g/mol. The lowest BCUT2D eigenvalue weighted by atomic mass is 10.2. The summed E-state index contributed by atoms with van der Waals surface area (Å²) in [6.45, 7) is 5.72. The number of aromatic nitrogens is 4. The number of hydrogen-bond donors (Lipinski definition) is 3. The van der Waals surface area contributed by atoms with Gasteiger partial charge in [0.1, 0.15) is 23.5 Å². The van der Waals surface area contributed by atoms with Crippen LogP contribution in [0.2, 0.25) is 0 Å². The van der Waals surface area contributed by atoms with Crippen molar-refractivity contribution in [3.05, 3.63) is 59.4 Å². The molecular formula is C26H32ClF2N9O2. The molecule has 5 N–H and O–H groups in total. The van der Waals surface area contributed by atoms with Gasteiger partial charge in [-0.2, -0.15) is 15.1 Å². The summed E-state index contributed by atoms with van der Waals surface area (Å²) in [6.07, 6.45) is 5.29. The van der Waals surface area contributed by atoms with Crippen LogP contribution in [0.1, 0.15) is 17.7 Å². The van der Waals surface area contributed by atoms with E-state index in [4.69, 9.17) is 11.5 Å². The highest BCUT2D eigenvalue weighted by Crippen LogP contribution is 2.27. The van der Waals surface area contributed by atoms with Gasteiger partial charge in [-0.25, -0.2) is 13.5 Å². The number of aliphatic hydroxyl groups is 1. The Morgan fingerprint density at radius 2 is 1.77 bits per heavy atom. The van der Waals surface area contributed by atoms with E-state index in [0.29, 0.717) is 37.0 Å². The Morgan fingerprint density at radius 3 is 2.45 bits per heavy atom. The molecule has 40 heavy (non-hydrogen) atoms. The van der Waals surface area contributed by atoms with Crippen LogP contribution in [0.25, 0.3) is 11.9 Å². The number of nitrogens with two attached hydrogens (primary N) is 2. The molecule has 2 aliphatic rings. The molecule has 2 atom stereocenters. The van der Waals surface area contributed by atoms with E-state index in [1.807, 2.05) is 17.9 Å². The number of nitrogens with zero attached hydrogens (tertiary/aromatic N) is 7. The third-order valence-corrected chi connectivity index (χ3v) is 7.13. The van der Waals surface area contributed by atoms with Crippen molar-refractivity contribution in [2.24, 2.45) is 5.73 Å². The average Bonchev–Trinajstić information content (AvgIpc) is 3.46. The molecule has 11 nitrogen and oxygen atoms in total. The molecule has 0 saturated carbocycles. The summed E-state index contributed by atoms with van der Waals surface area (Å²) in [5.74, 6) is -0.848. The van der Waals surface area contributed by atoms with Crippen molar-refractivity contribution in [1.82, 2.24) is 24.6 Å². The van der Waals surface area contributed by atoms with Crippen LogP contribution in [-0.2, 0) is 4.79 Å². The molecule has 0 aliphatic carbocycles. The zero-order valence-corrected chi connectivity index (χ0v) is 22.8. The third kappa shape index (κ3) is 6.32. The van der Waals surface area contributed by atoms with Crippen molar-refractivity contribution in [3.63, 3.8) is 0 Å². The summed E-state index contributed by atoms with van der Waals surface area (Å²) in [6, 6.07) is 4.58. The van der Waals surface area contributed by atoms with E-state index in [-0.39, 0.29) is 31.3 Å². The smallest absolute Gasteiger partial charge is 0.240 e. The van der Waals surface area contributed by atoms with Gasteiger partial charge in [-0.15, -0.1) is 12.4 Å². The lowest BCUT2D eigenvalue weighted by molar-refractivity contribution is -0.119. The zero-order valence-electron chi connectivity index (χ0n) is 22.0. The van der Waals surface area contributed by atoms with Crippen LogP contribution in [0.4, 0.5) is 26.2 Å². The predicted molar refractivity (Wildman–Crippen MR) is 151 cm³/mol. The first-order valence-electron chi connectivity index (χ1n) is 12.7. The number of piperazine rings is 1. The molecule has 4 heterocycles. The Balaban J connectivity index is 0.00000370. The van der Waals surface area contributed by atoms with Gasteiger partial charge < -0.3 is 26.4 Å². The van der Waals surface area contributed by atoms with Crippen molar-refractivity contribution in [3.8, 4) is 5.82 Å². The maximum atomic E-state index is 13.6. The molecule has 2 aromatic heterocycles. The van der Waals surface area contributed by atoms with Gasteiger partial charge in [0, 0.05) is 69.1 Å². The number of β-amino-alcohol motifs (C(OH)–C–C–N with tert-alkyl or cyclic N) is 1. The fourth-order valence-electron chi connectivity index (χ4n) is 5.09. The lowest BCUT2D eigenvalue weighted by Crippen LogP contribution is -2.46. The Morgan fingerprint density at radius 1 is 1.10 bits per heavy atom. The number of carbonyl (C=O) groups excluding carboxylic acids is 1. The molecule has 214 valence electrons. The maximum Gasteiger partial charge on any atom is 0.240 e. The number of primary amides is 1. The van der Waals surface area contributed by atoms with Crippen molar-refractivity contribution in [2.45, 2.75) is 25.5 Å². The second kappa shape index (κ2) is 12.1. The van der Waals surface area contributed by atoms with Crippen LogP contribution < -0.4 is 21.3 Å². The van der Waals surface area contributed by atoms with Gasteiger partial charge in [0.25, 0.3) is 0 Å². The summed E-state index contributed by atoms with van der Waals surface area (Å²) in [5.41, 5.74) is 13.8. The van der Waals surface area contributed by atoms with Crippen molar-refractivity contribution in [1.29, 1.82) is 0 Å². The molecule has 14 heteroatoms. The van der Waals surface area contributed by atoms with E-state index in [2.05, 4.69) is 26.0 Å². The molecule has 0 unspecified atom stereocenters. The molecule has 2 aliphatic heterocycles. The van der Waals surface area contributed by atoms with Gasteiger partial charge in [-0.1, -0.05) is 12.2 Å². The number of amides is 1. The van der Waals surface area contributed by atoms with Gasteiger partial charge in [0.2, 0.25) is 11.9 Å². The van der Waals surface area contributed by atoms with Gasteiger partial charge >= 0.3 is 0 Å². The Bertz CT molecular complexity index is 1370. The monoisotopic (exact) mass is 575 g/mol. The first-order valence-corrected chi connectivity index (χ1v) is 12.7. The first-order chi connectivity index (χ1) is 18.7. The Kier molecular flexibility index (Phi) is 8.86. The second-order valence-corrected chi connectivity index (χ2v) is 9.82. The molecule has 0 spiro atoms. The maximum absolute atomic E-state index is 13.6. The SMILES string of the molecule is Cc1c(C=CCN2CCN(c3cc(F)cc(F)c3)CC2)cnn1-c1cc(N2C[C@@H](O)C[C@H]2C(N)=O)nc(N)n1.Cl. The minimum Gasteiger partial charge on any atom is -0.391 e. The fraction of sp³-hybridized carbons (Fsp3) is 0.385. The highest BCUT2D eigenvalue weighted by atomic mass is 35.5. The number of nitrogen functional groups attached to an aromatic ring is 1. The third-order valence-electron chi connectivity index (χ3n) is 7.13. The van der Waals surface area contributed by atoms with Crippen LogP contribution in [0.3, 0.4) is 0 Å². The number of benzene rings is 1. The predicted octanol–water partition coefficient (Wildman–Crippen LogP) is 1.51. The van der Waals surface area contributed by atoms with Crippen LogP contribution in [0.5, 0.6) is 0 Å². The summed E-state index contributed by atoms with van der Waals surface area (Å²) in [4.78, 5) is 26.3. The Hall–Kier alpha value is -3.81. The number of hydrogen-bond acceptors (Lipinski definition) is 9.